The minimum Gasteiger partial charge on any atom is -0.236 e. The summed E-state index contributed by atoms with van der Waals surface area (Å²) in [5.74, 6) is -0.380. The molecule has 0 atom stereocenters. The van der Waals surface area contributed by atoms with Crippen LogP contribution in [0.4, 0.5) is 4.39 Å². The zero-order valence-electron chi connectivity index (χ0n) is 15.9. The molecule has 148 valence electrons. The lowest BCUT2D eigenvalue weighted by molar-refractivity contribution is 0.587. The van der Waals surface area contributed by atoms with E-state index in [-0.39, 0.29) is 10.7 Å². The average molecular weight is 473 g/mol. The molecular weight excluding hydrogens is 455 g/mol. The third-order valence-electron chi connectivity index (χ3n) is 4.84. The van der Waals surface area contributed by atoms with Crippen LogP contribution in [0.25, 0.3) is 22.2 Å². The molecular formula is C22H18BrFN2O2S. The lowest BCUT2D eigenvalue weighted by atomic mass is 10.0. The molecule has 0 spiro atoms. The maximum absolute atomic E-state index is 14.0. The Morgan fingerprint density at radius 1 is 1.10 bits per heavy atom. The molecule has 7 heteroatoms. The quantitative estimate of drug-likeness (QED) is 0.382. The summed E-state index contributed by atoms with van der Waals surface area (Å²) in [5, 5.41) is 0.650. The zero-order valence-corrected chi connectivity index (χ0v) is 18.3. The topological polar surface area (TPSA) is 52.0 Å². The van der Waals surface area contributed by atoms with Gasteiger partial charge in [0.25, 0.3) is 10.0 Å². The summed E-state index contributed by atoms with van der Waals surface area (Å²) in [7, 11) is -3.89. The maximum atomic E-state index is 14.0. The number of aromatic nitrogens is 2. The summed E-state index contributed by atoms with van der Waals surface area (Å²) in [5.41, 5.74) is 3.15. The summed E-state index contributed by atoms with van der Waals surface area (Å²) in [6, 6.07) is 14.7. The van der Waals surface area contributed by atoms with Crippen LogP contribution in [-0.4, -0.2) is 17.4 Å². The highest BCUT2D eigenvalue weighted by molar-refractivity contribution is 9.10. The maximum Gasteiger partial charge on any atom is 0.269 e. The number of hydrogen-bond acceptors (Lipinski definition) is 3. The summed E-state index contributed by atoms with van der Waals surface area (Å²) >= 11 is 3.42. The van der Waals surface area contributed by atoms with Gasteiger partial charge in [0.05, 0.1) is 4.90 Å². The number of halogens is 2. The molecule has 4 rings (SSSR count). The van der Waals surface area contributed by atoms with Crippen molar-refractivity contribution >= 4 is 37.0 Å². The predicted octanol–water partition coefficient (Wildman–Crippen LogP) is 5.71. The van der Waals surface area contributed by atoms with E-state index in [4.69, 9.17) is 0 Å². The van der Waals surface area contributed by atoms with Gasteiger partial charge in [-0.15, -0.1) is 0 Å². The van der Waals surface area contributed by atoms with Crippen molar-refractivity contribution in [2.24, 2.45) is 0 Å². The lowest BCUT2D eigenvalue weighted by Crippen LogP contribution is -2.16. The molecule has 0 aliphatic heterocycles. The van der Waals surface area contributed by atoms with Crippen LogP contribution in [0.2, 0.25) is 0 Å². The number of pyridine rings is 1. The Morgan fingerprint density at radius 3 is 2.48 bits per heavy atom. The molecule has 2 aromatic heterocycles. The summed E-state index contributed by atoms with van der Waals surface area (Å²) in [6.07, 6.45) is 2.00. The van der Waals surface area contributed by atoms with Gasteiger partial charge in [0.15, 0.2) is 5.65 Å². The van der Waals surface area contributed by atoms with Gasteiger partial charge in [-0.1, -0.05) is 36.8 Å². The van der Waals surface area contributed by atoms with E-state index >= 15 is 0 Å². The first-order chi connectivity index (χ1) is 13.8. The van der Waals surface area contributed by atoms with Gasteiger partial charge < -0.3 is 0 Å². The first-order valence-electron chi connectivity index (χ1n) is 9.10. The number of fused-ring (bicyclic) bond motifs is 1. The number of benzene rings is 2. The fourth-order valence-corrected chi connectivity index (χ4v) is 5.43. The standard InChI is InChI=1S/C22H18BrFN2O2S/c1-3-20-21(15-5-4-6-17(24)11-15)19-12-16(23)13-25-22(19)26(20)29(27,28)18-9-7-14(2)8-10-18/h4-13H,3H2,1-2H3. The van der Waals surface area contributed by atoms with Gasteiger partial charge in [-0.25, -0.2) is 21.8 Å². The van der Waals surface area contributed by atoms with Gasteiger partial charge in [0.2, 0.25) is 0 Å². The van der Waals surface area contributed by atoms with Crippen molar-refractivity contribution < 1.29 is 12.8 Å². The van der Waals surface area contributed by atoms with Crippen molar-refractivity contribution in [2.75, 3.05) is 0 Å². The Balaban J connectivity index is 2.11. The number of hydrogen-bond donors (Lipinski definition) is 0. The Labute approximate surface area is 177 Å². The van der Waals surface area contributed by atoms with Gasteiger partial charge in [-0.05, 0) is 65.2 Å². The minimum atomic E-state index is -3.89. The Kier molecular flexibility index (Phi) is 5.04. The Morgan fingerprint density at radius 2 is 1.83 bits per heavy atom. The van der Waals surface area contributed by atoms with Crippen LogP contribution in [-0.2, 0) is 16.4 Å². The second-order valence-corrected chi connectivity index (χ2v) is 9.50. The smallest absolute Gasteiger partial charge is 0.236 e. The van der Waals surface area contributed by atoms with Crippen LogP contribution in [0.5, 0.6) is 0 Å². The molecule has 29 heavy (non-hydrogen) atoms. The molecule has 0 unspecified atom stereocenters. The van der Waals surface area contributed by atoms with E-state index in [0.717, 1.165) is 10.0 Å². The van der Waals surface area contributed by atoms with Crippen molar-refractivity contribution in [3.8, 4) is 11.1 Å². The lowest BCUT2D eigenvalue weighted by Gasteiger charge is -2.12. The fourth-order valence-electron chi connectivity index (χ4n) is 3.52. The molecule has 0 aliphatic rings. The second kappa shape index (κ2) is 7.39. The molecule has 4 nitrogen and oxygen atoms in total. The largest absolute Gasteiger partial charge is 0.269 e. The van der Waals surface area contributed by atoms with E-state index < -0.39 is 10.0 Å². The van der Waals surface area contributed by atoms with E-state index in [2.05, 4.69) is 20.9 Å². The third kappa shape index (κ3) is 3.38. The van der Waals surface area contributed by atoms with Crippen molar-refractivity contribution in [3.63, 3.8) is 0 Å². The van der Waals surface area contributed by atoms with E-state index in [0.29, 0.717) is 34.3 Å². The van der Waals surface area contributed by atoms with Gasteiger partial charge >= 0.3 is 0 Å². The second-order valence-electron chi connectivity index (χ2n) is 6.79. The highest BCUT2D eigenvalue weighted by Gasteiger charge is 2.28. The van der Waals surface area contributed by atoms with E-state index in [1.54, 1.807) is 42.6 Å². The van der Waals surface area contributed by atoms with E-state index in [1.165, 1.54) is 16.1 Å². The summed E-state index contributed by atoms with van der Waals surface area (Å²) in [4.78, 5) is 4.60. The molecule has 2 aromatic carbocycles. The molecule has 0 fully saturated rings. The first kappa shape index (κ1) is 19.8. The van der Waals surface area contributed by atoms with Gasteiger partial charge in [0.1, 0.15) is 5.82 Å². The van der Waals surface area contributed by atoms with Crippen LogP contribution >= 0.6 is 15.9 Å². The molecule has 0 aliphatic carbocycles. The van der Waals surface area contributed by atoms with Crippen LogP contribution in [0.1, 0.15) is 18.2 Å². The molecule has 0 amide bonds. The first-order valence-corrected chi connectivity index (χ1v) is 11.3. The minimum absolute atomic E-state index is 0.185. The zero-order chi connectivity index (χ0) is 20.8. The van der Waals surface area contributed by atoms with Crippen molar-refractivity contribution in [2.45, 2.75) is 25.2 Å². The monoisotopic (exact) mass is 472 g/mol. The number of aryl methyl sites for hydroxylation is 1. The van der Waals surface area contributed by atoms with E-state index in [9.17, 15) is 12.8 Å². The van der Waals surface area contributed by atoms with Crippen molar-refractivity contribution in [3.05, 3.63) is 82.3 Å². The predicted molar refractivity (Wildman–Crippen MR) is 116 cm³/mol. The molecule has 4 aromatic rings. The van der Waals surface area contributed by atoms with Gasteiger partial charge in [-0.3, -0.25) is 0 Å². The molecule has 0 bridgehead atoms. The Hall–Kier alpha value is -2.51. The van der Waals surface area contributed by atoms with Crippen LogP contribution in [0.3, 0.4) is 0 Å². The van der Waals surface area contributed by atoms with Crippen LogP contribution in [0.15, 0.2) is 70.2 Å². The molecule has 0 radical (unpaired) electrons. The summed E-state index contributed by atoms with van der Waals surface area (Å²) in [6.45, 7) is 3.79. The number of rotatable bonds is 4. The molecule has 0 saturated heterocycles. The summed E-state index contributed by atoms with van der Waals surface area (Å²) < 4.78 is 43.1. The SMILES string of the molecule is CCc1c(-c2cccc(F)c2)c2cc(Br)cnc2n1S(=O)(=O)c1ccc(C)cc1. The normalized spacial score (nSPS) is 11.9. The highest BCUT2D eigenvalue weighted by atomic mass is 79.9. The van der Waals surface area contributed by atoms with Crippen LogP contribution < -0.4 is 0 Å². The molecule has 0 N–H and O–H groups in total. The van der Waals surface area contributed by atoms with Gasteiger partial charge in [-0.2, -0.15) is 0 Å². The van der Waals surface area contributed by atoms with Crippen LogP contribution in [0, 0.1) is 12.7 Å². The van der Waals surface area contributed by atoms with E-state index in [1.807, 2.05) is 19.9 Å². The third-order valence-corrected chi connectivity index (χ3v) is 7.01. The van der Waals surface area contributed by atoms with Crippen molar-refractivity contribution in [1.29, 1.82) is 0 Å². The van der Waals surface area contributed by atoms with Crippen molar-refractivity contribution in [1.82, 2.24) is 8.96 Å². The fraction of sp³-hybridized carbons (Fsp3) is 0.136. The molecule has 0 saturated carbocycles. The Bertz CT molecular complexity index is 1330. The number of nitrogens with zero attached hydrogens (tertiary/aromatic N) is 2. The van der Waals surface area contributed by atoms with Gasteiger partial charge in [0, 0.05) is 27.3 Å². The molecule has 2 heterocycles. The average Bonchev–Trinajstić information content (AvgIpc) is 3.02. The highest BCUT2D eigenvalue weighted by Crippen LogP contribution is 2.38.